The first-order valence-corrected chi connectivity index (χ1v) is 9.65. The largest absolute Gasteiger partial charge is 0.343 e. The number of carbonyl (C=O) groups is 1. The Bertz CT molecular complexity index is 930. The molecule has 0 heterocycles. The van der Waals surface area contributed by atoms with Crippen LogP contribution in [0.2, 0.25) is 10.0 Å². The van der Waals surface area contributed by atoms with Crippen LogP contribution >= 0.6 is 23.2 Å². The number of amides is 1. The van der Waals surface area contributed by atoms with Gasteiger partial charge in [0.2, 0.25) is 9.84 Å². The first kappa shape index (κ1) is 20.6. The summed E-state index contributed by atoms with van der Waals surface area (Å²) in [6.07, 6.45) is 0. The summed E-state index contributed by atoms with van der Waals surface area (Å²) in [4.78, 5) is 11.9. The Hall–Kier alpha value is -1.70. The van der Waals surface area contributed by atoms with Crippen molar-refractivity contribution in [2.45, 2.75) is 30.0 Å². The predicted octanol–water partition coefficient (Wildman–Crippen LogP) is 4.65. The van der Waals surface area contributed by atoms with E-state index in [2.05, 4.69) is 5.32 Å². The second-order valence-electron chi connectivity index (χ2n) is 6.04. The molecular weight excluding hydrogens is 407 g/mol. The van der Waals surface area contributed by atoms with E-state index < -0.39 is 31.9 Å². The van der Waals surface area contributed by atoms with Crippen LogP contribution in [-0.4, -0.2) is 20.1 Å². The van der Waals surface area contributed by atoms with E-state index in [-0.39, 0.29) is 5.56 Å². The van der Waals surface area contributed by atoms with E-state index in [1.54, 1.807) is 32.0 Å². The lowest BCUT2D eigenvalue weighted by Gasteiger charge is -2.27. The molecular formula is C17H15Cl2F2NO3S. The first-order chi connectivity index (χ1) is 11.9. The van der Waals surface area contributed by atoms with Crippen molar-refractivity contribution in [1.82, 2.24) is 5.32 Å². The zero-order valence-corrected chi connectivity index (χ0v) is 16.1. The molecule has 26 heavy (non-hydrogen) atoms. The van der Waals surface area contributed by atoms with Crippen LogP contribution in [0.5, 0.6) is 0 Å². The molecule has 9 heteroatoms. The van der Waals surface area contributed by atoms with E-state index in [4.69, 9.17) is 23.2 Å². The Balaban J connectivity index is 2.22. The summed E-state index contributed by atoms with van der Waals surface area (Å²) in [6, 6.07) is 9.25. The highest BCUT2D eigenvalue weighted by Crippen LogP contribution is 2.29. The Morgan fingerprint density at radius 1 is 1.04 bits per heavy atom. The van der Waals surface area contributed by atoms with Gasteiger partial charge in [-0.2, -0.15) is 8.78 Å². The number of carbonyl (C=O) groups excluding carboxylic acids is 1. The standard InChI is InChI=1S/C17H15Cl2F2NO3S/c1-17(2,11-5-8-13(18)14(19)9-11)22-15(23)10-3-6-12(7-4-10)26(24,25)16(20)21/h3-9,16H,1-2H3,(H,22,23). The van der Waals surface area contributed by atoms with Crippen molar-refractivity contribution < 1.29 is 22.0 Å². The van der Waals surface area contributed by atoms with Crippen LogP contribution in [0.3, 0.4) is 0 Å². The van der Waals surface area contributed by atoms with Crippen LogP contribution in [0, 0.1) is 0 Å². The molecule has 0 saturated heterocycles. The van der Waals surface area contributed by atoms with Crippen molar-refractivity contribution in [3.63, 3.8) is 0 Å². The van der Waals surface area contributed by atoms with Crippen LogP contribution in [-0.2, 0) is 15.4 Å². The third-order valence-corrected chi connectivity index (χ3v) is 5.88. The molecule has 0 aliphatic carbocycles. The lowest BCUT2D eigenvalue weighted by Crippen LogP contribution is -2.41. The fraction of sp³-hybridized carbons (Fsp3) is 0.235. The normalized spacial score (nSPS) is 12.3. The van der Waals surface area contributed by atoms with Crippen molar-refractivity contribution in [1.29, 1.82) is 0 Å². The Morgan fingerprint density at radius 3 is 2.12 bits per heavy atom. The Morgan fingerprint density at radius 2 is 1.62 bits per heavy atom. The summed E-state index contributed by atoms with van der Waals surface area (Å²) >= 11 is 11.9. The summed E-state index contributed by atoms with van der Waals surface area (Å²) in [6.45, 7) is 3.50. The number of rotatable bonds is 5. The molecule has 0 aliphatic rings. The highest BCUT2D eigenvalue weighted by molar-refractivity contribution is 7.91. The molecule has 2 aromatic carbocycles. The minimum absolute atomic E-state index is 0.131. The SMILES string of the molecule is CC(C)(NC(=O)c1ccc(S(=O)(=O)C(F)F)cc1)c1ccc(Cl)c(Cl)c1. The number of benzene rings is 2. The van der Waals surface area contributed by atoms with E-state index in [0.717, 1.165) is 12.1 Å². The lowest BCUT2D eigenvalue weighted by molar-refractivity contribution is 0.0912. The number of hydrogen-bond acceptors (Lipinski definition) is 3. The molecule has 0 radical (unpaired) electrons. The third kappa shape index (κ3) is 4.34. The summed E-state index contributed by atoms with van der Waals surface area (Å²) in [5.41, 5.74) is 0.0301. The zero-order valence-electron chi connectivity index (χ0n) is 13.8. The fourth-order valence-electron chi connectivity index (χ4n) is 2.21. The molecule has 1 amide bonds. The van der Waals surface area contributed by atoms with Crippen LogP contribution in [0.1, 0.15) is 29.8 Å². The molecule has 0 atom stereocenters. The Kier molecular flexibility index (Phi) is 5.95. The zero-order chi connectivity index (χ0) is 19.7. The monoisotopic (exact) mass is 421 g/mol. The second kappa shape index (κ2) is 7.50. The van der Waals surface area contributed by atoms with E-state index in [9.17, 15) is 22.0 Å². The van der Waals surface area contributed by atoms with Gasteiger partial charge in [-0.05, 0) is 55.8 Å². The third-order valence-electron chi connectivity index (χ3n) is 3.75. The summed E-state index contributed by atoms with van der Waals surface area (Å²) in [7, 11) is -4.70. The molecule has 0 saturated carbocycles. The topological polar surface area (TPSA) is 63.2 Å². The van der Waals surface area contributed by atoms with Crippen molar-refractivity contribution in [2.24, 2.45) is 0 Å². The molecule has 0 aliphatic heterocycles. The highest BCUT2D eigenvalue weighted by atomic mass is 35.5. The summed E-state index contributed by atoms with van der Waals surface area (Å²) < 4.78 is 47.9. The van der Waals surface area contributed by atoms with Crippen LogP contribution < -0.4 is 5.32 Å². The molecule has 0 spiro atoms. The van der Waals surface area contributed by atoms with Gasteiger partial charge in [0.05, 0.1) is 20.5 Å². The maximum atomic E-state index is 12.5. The van der Waals surface area contributed by atoms with Gasteiger partial charge < -0.3 is 5.32 Å². The van der Waals surface area contributed by atoms with Gasteiger partial charge in [0.15, 0.2) is 0 Å². The van der Waals surface area contributed by atoms with Gasteiger partial charge in [-0.3, -0.25) is 4.79 Å². The van der Waals surface area contributed by atoms with Crippen LogP contribution in [0.25, 0.3) is 0 Å². The molecule has 0 fully saturated rings. The van der Waals surface area contributed by atoms with Gasteiger partial charge in [-0.25, -0.2) is 8.42 Å². The van der Waals surface area contributed by atoms with E-state index in [0.29, 0.717) is 15.6 Å². The minimum atomic E-state index is -4.70. The van der Waals surface area contributed by atoms with Gasteiger partial charge in [0.25, 0.3) is 5.91 Å². The first-order valence-electron chi connectivity index (χ1n) is 7.35. The van der Waals surface area contributed by atoms with E-state index in [1.807, 2.05) is 0 Å². The number of sulfone groups is 1. The summed E-state index contributed by atoms with van der Waals surface area (Å²) in [5.74, 6) is -4.02. The molecule has 2 rings (SSSR count). The second-order valence-corrected chi connectivity index (χ2v) is 8.77. The Labute approximate surface area is 160 Å². The minimum Gasteiger partial charge on any atom is -0.343 e. The van der Waals surface area contributed by atoms with Gasteiger partial charge >= 0.3 is 5.76 Å². The van der Waals surface area contributed by atoms with Crippen LogP contribution in [0.15, 0.2) is 47.4 Å². The molecule has 2 aromatic rings. The number of halogens is 4. The number of alkyl halides is 2. The highest BCUT2D eigenvalue weighted by Gasteiger charge is 2.27. The average Bonchev–Trinajstić information content (AvgIpc) is 2.56. The average molecular weight is 422 g/mol. The quantitative estimate of drug-likeness (QED) is 0.763. The smallest absolute Gasteiger partial charge is 0.341 e. The van der Waals surface area contributed by atoms with Crippen molar-refractivity contribution in [3.8, 4) is 0 Å². The number of hydrogen-bond donors (Lipinski definition) is 1. The molecule has 0 aromatic heterocycles. The maximum absolute atomic E-state index is 12.5. The molecule has 1 N–H and O–H groups in total. The van der Waals surface area contributed by atoms with Crippen LogP contribution in [0.4, 0.5) is 8.78 Å². The van der Waals surface area contributed by atoms with E-state index in [1.165, 1.54) is 12.1 Å². The molecule has 0 unspecified atom stereocenters. The van der Waals surface area contributed by atoms with Crippen molar-refractivity contribution in [2.75, 3.05) is 0 Å². The van der Waals surface area contributed by atoms with Crippen molar-refractivity contribution in [3.05, 3.63) is 63.6 Å². The van der Waals surface area contributed by atoms with Gasteiger partial charge in [0.1, 0.15) is 0 Å². The molecule has 4 nitrogen and oxygen atoms in total. The predicted molar refractivity (Wildman–Crippen MR) is 96.6 cm³/mol. The maximum Gasteiger partial charge on any atom is 0.341 e. The van der Waals surface area contributed by atoms with Gasteiger partial charge in [-0.15, -0.1) is 0 Å². The number of nitrogens with one attached hydrogen (secondary N) is 1. The van der Waals surface area contributed by atoms with Crippen molar-refractivity contribution >= 4 is 38.9 Å². The lowest BCUT2D eigenvalue weighted by atomic mass is 9.94. The van der Waals surface area contributed by atoms with Gasteiger partial charge in [-0.1, -0.05) is 29.3 Å². The fourth-order valence-corrected chi connectivity index (χ4v) is 3.23. The van der Waals surface area contributed by atoms with Gasteiger partial charge in [0, 0.05) is 5.56 Å². The van der Waals surface area contributed by atoms with E-state index >= 15 is 0 Å². The molecule has 0 bridgehead atoms. The molecule has 140 valence electrons. The summed E-state index contributed by atoms with van der Waals surface area (Å²) in [5, 5.41) is 3.50.